The monoisotopic (exact) mass is 525 g/mol. The average Bonchev–Trinajstić information content (AvgIpc) is 3.13. The van der Waals surface area contributed by atoms with Crippen molar-refractivity contribution < 1.29 is 23.9 Å². The molecule has 2 amide bonds. The van der Waals surface area contributed by atoms with Crippen LogP contribution in [0.4, 0.5) is 4.79 Å². The lowest BCUT2D eigenvalue weighted by Gasteiger charge is -2.35. The van der Waals surface area contributed by atoms with Gasteiger partial charge in [-0.3, -0.25) is 14.2 Å². The summed E-state index contributed by atoms with van der Waals surface area (Å²) in [6.45, 7) is 8.99. The number of amides is 2. The maximum absolute atomic E-state index is 13.5. The van der Waals surface area contributed by atoms with Crippen molar-refractivity contribution in [2.24, 2.45) is 0 Å². The van der Waals surface area contributed by atoms with Crippen molar-refractivity contribution in [3.05, 3.63) is 64.3 Å². The first-order valence-electron chi connectivity index (χ1n) is 12.2. The number of hydrogen-bond donors (Lipinski definition) is 0. The van der Waals surface area contributed by atoms with Gasteiger partial charge in [-0.05, 0) is 75.7 Å². The van der Waals surface area contributed by atoms with Gasteiger partial charge in [-0.2, -0.15) is 0 Å². The number of halogens is 1. The van der Waals surface area contributed by atoms with E-state index in [1.54, 1.807) is 51.8 Å². The summed E-state index contributed by atoms with van der Waals surface area (Å²) in [6.07, 6.45) is -0.241. The summed E-state index contributed by atoms with van der Waals surface area (Å²) < 4.78 is 12.5. The smallest absolute Gasteiger partial charge is 0.410 e. The number of fused-ring (bicyclic) bond motifs is 1. The number of nitrogens with zero attached hydrogens (tertiary/aromatic N) is 3. The molecule has 1 saturated heterocycles. The van der Waals surface area contributed by atoms with Crippen LogP contribution in [0, 0.1) is 6.92 Å². The van der Waals surface area contributed by atoms with Gasteiger partial charge in [0, 0.05) is 47.8 Å². The molecule has 0 spiro atoms. The summed E-state index contributed by atoms with van der Waals surface area (Å²) in [6, 6.07) is 12.2. The van der Waals surface area contributed by atoms with Gasteiger partial charge in [0.2, 0.25) is 5.91 Å². The van der Waals surface area contributed by atoms with Crippen LogP contribution in [0.2, 0.25) is 5.02 Å². The van der Waals surface area contributed by atoms with Crippen LogP contribution in [-0.4, -0.2) is 71.2 Å². The fourth-order valence-corrected chi connectivity index (χ4v) is 4.65. The van der Waals surface area contributed by atoms with Crippen molar-refractivity contribution in [3.8, 4) is 5.75 Å². The van der Waals surface area contributed by atoms with E-state index < -0.39 is 5.60 Å². The highest BCUT2D eigenvalue weighted by molar-refractivity contribution is 6.30. The zero-order valence-electron chi connectivity index (χ0n) is 21.8. The third-order valence-electron chi connectivity index (χ3n) is 6.45. The normalized spacial score (nSPS) is 14.1. The predicted octanol–water partition coefficient (Wildman–Crippen LogP) is 4.92. The molecule has 9 heteroatoms. The first-order chi connectivity index (χ1) is 17.5. The molecule has 0 bridgehead atoms. The van der Waals surface area contributed by atoms with E-state index in [2.05, 4.69) is 0 Å². The maximum Gasteiger partial charge on any atom is 0.410 e. The zero-order valence-corrected chi connectivity index (χ0v) is 22.6. The van der Waals surface area contributed by atoms with Crippen molar-refractivity contribution >= 4 is 40.4 Å². The lowest BCUT2D eigenvalue weighted by molar-refractivity contribution is -0.132. The highest BCUT2D eigenvalue weighted by Crippen LogP contribution is 2.31. The summed E-state index contributed by atoms with van der Waals surface area (Å²) in [5.41, 5.74) is 2.10. The Morgan fingerprint density at radius 3 is 2.16 bits per heavy atom. The van der Waals surface area contributed by atoms with E-state index in [4.69, 9.17) is 21.1 Å². The molecule has 2 heterocycles. The number of piperazine rings is 1. The molecule has 1 aliphatic heterocycles. The molecule has 37 heavy (non-hydrogen) atoms. The third-order valence-corrected chi connectivity index (χ3v) is 6.70. The number of methoxy groups -OCH3 is 1. The van der Waals surface area contributed by atoms with E-state index in [9.17, 15) is 14.4 Å². The average molecular weight is 526 g/mol. The molecule has 0 atom stereocenters. The van der Waals surface area contributed by atoms with Crippen LogP contribution in [0.5, 0.6) is 5.75 Å². The Morgan fingerprint density at radius 1 is 0.946 bits per heavy atom. The molecule has 0 radical (unpaired) electrons. The van der Waals surface area contributed by atoms with Gasteiger partial charge in [-0.15, -0.1) is 0 Å². The van der Waals surface area contributed by atoms with Gasteiger partial charge in [0.05, 0.1) is 19.0 Å². The summed E-state index contributed by atoms with van der Waals surface area (Å²) in [5, 5.41) is 1.34. The fourth-order valence-electron chi connectivity index (χ4n) is 4.52. The molecule has 0 saturated carbocycles. The zero-order chi connectivity index (χ0) is 26.9. The molecule has 0 aliphatic carbocycles. The fraction of sp³-hybridized carbons (Fsp3) is 0.393. The minimum atomic E-state index is -0.569. The van der Waals surface area contributed by atoms with E-state index in [1.807, 2.05) is 39.8 Å². The number of rotatable bonds is 4. The Balaban J connectivity index is 1.58. The standard InChI is InChI=1S/C28H32ClN3O5/c1-18-22(17-25(33)30-12-14-31(15-13-30)27(35)37-28(2,3)4)23-16-21(36-5)10-11-24(23)32(18)26(34)19-6-8-20(29)9-7-19/h6-11,16H,12-15,17H2,1-5H3. The largest absolute Gasteiger partial charge is 0.497 e. The predicted molar refractivity (Wildman–Crippen MR) is 142 cm³/mol. The van der Waals surface area contributed by atoms with Crippen molar-refractivity contribution in [1.82, 2.24) is 14.4 Å². The number of carbonyl (C=O) groups excluding carboxylic acids is 3. The van der Waals surface area contributed by atoms with Gasteiger partial charge < -0.3 is 19.3 Å². The molecule has 8 nitrogen and oxygen atoms in total. The van der Waals surface area contributed by atoms with Crippen LogP contribution >= 0.6 is 11.6 Å². The summed E-state index contributed by atoms with van der Waals surface area (Å²) in [7, 11) is 1.58. The highest BCUT2D eigenvalue weighted by atomic mass is 35.5. The Bertz CT molecular complexity index is 1330. The summed E-state index contributed by atoms with van der Waals surface area (Å²) >= 11 is 6.01. The second kappa shape index (κ2) is 10.5. The van der Waals surface area contributed by atoms with Crippen LogP contribution in [0.1, 0.15) is 42.4 Å². The quantitative estimate of drug-likeness (QED) is 0.483. The van der Waals surface area contributed by atoms with Gasteiger partial charge in [0.1, 0.15) is 11.4 Å². The van der Waals surface area contributed by atoms with Crippen molar-refractivity contribution in [3.63, 3.8) is 0 Å². The van der Waals surface area contributed by atoms with Crippen LogP contribution in [0.3, 0.4) is 0 Å². The molecule has 0 N–H and O–H groups in total. The van der Waals surface area contributed by atoms with Crippen LogP contribution < -0.4 is 4.74 Å². The molecular weight excluding hydrogens is 494 g/mol. The summed E-state index contributed by atoms with van der Waals surface area (Å²) in [5.74, 6) is 0.380. The molecule has 1 aromatic heterocycles. The van der Waals surface area contributed by atoms with Crippen LogP contribution in [-0.2, 0) is 16.0 Å². The SMILES string of the molecule is COc1ccc2c(c1)c(CC(=O)N1CCN(C(=O)OC(C)(C)C)CC1)c(C)n2C(=O)c1ccc(Cl)cc1. The summed E-state index contributed by atoms with van der Waals surface area (Å²) in [4.78, 5) is 42.6. The second-order valence-electron chi connectivity index (χ2n) is 10.1. The minimum absolute atomic E-state index is 0.0623. The van der Waals surface area contributed by atoms with Gasteiger partial charge in [-0.25, -0.2) is 4.79 Å². The number of carbonyl (C=O) groups is 3. The number of hydrogen-bond acceptors (Lipinski definition) is 5. The topological polar surface area (TPSA) is 81.1 Å². The van der Waals surface area contributed by atoms with E-state index >= 15 is 0 Å². The molecular formula is C28H32ClN3O5. The van der Waals surface area contributed by atoms with Gasteiger partial charge in [0.15, 0.2) is 0 Å². The van der Waals surface area contributed by atoms with Crippen molar-refractivity contribution in [1.29, 1.82) is 0 Å². The van der Waals surface area contributed by atoms with Gasteiger partial charge in [0.25, 0.3) is 5.91 Å². The first kappa shape index (κ1) is 26.5. The maximum atomic E-state index is 13.5. The molecule has 196 valence electrons. The molecule has 0 unspecified atom stereocenters. The lowest BCUT2D eigenvalue weighted by Crippen LogP contribution is -2.52. The molecule has 1 fully saturated rings. The van der Waals surface area contributed by atoms with E-state index in [-0.39, 0.29) is 24.3 Å². The number of benzene rings is 2. The van der Waals surface area contributed by atoms with Crippen molar-refractivity contribution in [2.75, 3.05) is 33.3 Å². The molecule has 2 aromatic carbocycles. The van der Waals surface area contributed by atoms with Crippen LogP contribution in [0.25, 0.3) is 10.9 Å². The molecule has 1 aliphatic rings. The Morgan fingerprint density at radius 2 is 1.57 bits per heavy atom. The first-order valence-corrected chi connectivity index (χ1v) is 12.6. The molecule has 3 aromatic rings. The molecule has 4 rings (SSSR count). The Kier molecular flexibility index (Phi) is 7.50. The van der Waals surface area contributed by atoms with Gasteiger partial charge >= 0.3 is 6.09 Å². The second-order valence-corrected chi connectivity index (χ2v) is 10.6. The third kappa shape index (κ3) is 5.74. The van der Waals surface area contributed by atoms with Crippen LogP contribution in [0.15, 0.2) is 42.5 Å². The highest BCUT2D eigenvalue weighted by Gasteiger charge is 2.29. The lowest BCUT2D eigenvalue weighted by atomic mass is 10.1. The van der Waals surface area contributed by atoms with E-state index in [1.165, 1.54) is 0 Å². The van der Waals surface area contributed by atoms with E-state index in [0.717, 1.165) is 10.9 Å². The Labute approximate surface area is 221 Å². The van der Waals surface area contributed by atoms with Gasteiger partial charge in [-0.1, -0.05) is 11.6 Å². The number of aromatic nitrogens is 1. The Hall–Kier alpha value is -3.52. The minimum Gasteiger partial charge on any atom is -0.497 e. The van der Waals surface area contributed by atoms with Crippen molar-refractivity contribution in [2.45, 2.75) is 39.7 Å². The number of ether oxygens (including phenoxy) is 2. The van der Waals surface area contributed by atoms with E-state index in [0.29, 0.717) is 53.7 Å².